The van der Waals surface area contributed by atoms with Crippen LogP contribution in [0.1, 0.15) is 55.3 Å². The molecule has 12 heteroatoms. The number of aromatic hydroxyl groups is 1. The first-order valence-electron chi connectivity index (χ1n) is 22.8. The molecule has 0 amide bonds. The Morgan fingerprint density at radius 1 is 0.952 bits per heavy atom. The van der Waals surface area contributed by atoms with Gasteiger partial charge in [-0.25, -0.2) is 4.79 Å². The van der Waals surface area contributed by atoms with Crippen LogP contribution < -0.4 is 10.1 Å². The zero-order chi connectivity index (χ0) is 43.0. The molecule has 8 aliphatic rings. The summed E-state index contributed by atoms with van der Waals surface area (Å²) >= 11 is 0. The summed E-state index contributed by atoms with van der Waals surface area (Å²) in [4.78, 5) is 18.4. The average molecular weight is 853 g/mol. The molecule has 13 rings (SSSR count). The molecule has 3 saturated carbocycles. The van der Waals surface area contributed by atoms with Crippen molar-refractivity contribution in [3.63, 3.8) is 0 Å². The van der Waals surface area contributed by atoms with Crippen molar-refractivity contribution in [2.75, 3.05) is 13.6 Å². The molecule has 63 heavy (non-hydrogen) atoms. The number of aliphatic hydroxyl groups is 5. The number of nitrogens with one attached hydrogen (secondary N) is 2. The van der Waals surface area contributed by atoms with Gasteiger partial charge >= 0.3 is 5.97 Å². The molecule has 0 unspecified atom stereocenters. The van der Waals surface area contributed by atoms with Gasteiger partial charge in [0.05, 0.1) is 34.9 Å². The van der Waals surface area contributed by atoms with Crippen LogP contribution in [0.5, 0.6) is 11.5 Å². The molecule has 12 nitrogen and oxygen atoms in total. The lowest BCUT2D eigenvalue weighted by Gasteiger charge is -2.73. The molecule has 5 aromatic rings. The normalized spacial score (nSPS) is 41.4. The van der Waals surface area contributed by atoms with Gasteiger partial charge < -0.3 is 55.2 Å². The van der Waals surface area contributed by atoms with Crippen LogP contribution in [0.4, 0.5) is 0 Å². The van der Waals surface area contributed by atoms with E-state index in [1.54, 1.807) is 6.07 Å². The van der Waals surface area contributed by atoms with Gasteiger partial charge in [0, 0.05) is 29.2 Å². The molecule has 3 heterocycles. The number of phenolic OH excluding ortho intramolecular Hbond substituents is 1. The van der Waals surface area contributed by atoms with Gasteiger partial charge in [-0.1, -0.05) is 48.6 Å². The fraction of sp³-hybridized carbons (Fsp3) is 0.471. The first-order chi connectivity index (χ1) is 30.4. The van der Waals surface area contributed by atoms with E-state index < -0.39 is 76.6 Å². The summed E-state index contributed by atoms with van der Waals surface area (Å²) in [5.74, 6) is -4.55. The monoisotopic (exact) mass is 852 g/mol. The second kappa shape index (κ2) is 12.8. The highest BCUT2D eigenvalue weighted by atomic mass is 16.7. The maximum atomic E-state index is 15.1. The standard InChI is InChI=1S/C51H52N2O10/c1-52-23-30-21-36-41-29-14-17-48(36,47(44(30)57)16-15-32-10-9-31-8-6-28-19-33(55)11-12-35(28)49(31,32)47)63-45-43(62-51(60,39(56)22-29)50(41,45)59)46(58)61-42-38(24-54)53-37-13-7-27-18-25-4-2-3-5-26(25)20-34(27)40(37)42/h2-5,7,11-14,17-20,22,30-32,36,39,41,43-45,52-57,59-60H,6,8-10,15-16,21,23-24H2,1H3/t30-,31-,32-,36+,39+,41+,43-,44+,45+,47+,48-,49-,50-,51+/m1/s1. The zero-order valence-electron chi connectivity index (χ0n) is 35.0. The van der Waals surface area contributed by atoms with Crippen molar-refractivity contribution < 1.29 is 49.6 Å². The van der Waals surface area contributed by atoms with Crippen LogP contribution in [-0.2, 0) is 32.7 Å². The number of carbonyl (C=O) groups excluding carboxylic acids is 1. The number of fused-ring (bicyclic) bond motifs is 5. The van der Waals surface area contributed by atoms with Gasteiger partial charge in [-0.2, -0.15) is 0 Å². The maximum absolute atomic E-state index is 15.1. The molecule has 5 fully saturated rings. The van der Waals surface area contributed by atoms with Gasteiger partial charge in [0.15, 0.2) is 17.5 Å². The summed E-state index contributed by atoms with van der Waals surface area (Å²) in [5.41, 5.74) is -1.42. The molecule has 2 bridgehead atoms. The number of phenols is 1. The van der Waals surface area contributed by atoms with Crippen LogP contribution in [0.25, 0.3) is 32.4 Å². The molecule has 326 valence electrons. The number of carbonyl (C=O) groups is 1. The Labute approximate surface area is 363 Å². The molecule has 6 aliphatic carbocycles. The predicted octanol–water partition coefficient (Wildman–Crippen LogP) is 4.93. The van der Waals surface area contributed by atoms with Crippen LogP contribution in [0, 0.1) is 35.0 Å². The summed E-state index contributed by atoms with van der Waals surface area (Å²) < 4.78 is 20.4. The van der Waals surface area contributed by atoms with Crippen LogP contribution in [-0.4, -0.2) is 96.6 Å². The van der Waals surface area contributed by atoms with Gasteiger partial charge in [0.1, 0.15) is 18.0 Å². The highest BCUT2D eigenvalue weighted by molar-refractivity contribution is 6.14. The third-order valence-electron chi connectivity index (χ3n) is 18.0. The van der Waals surface area contributed by atoms with Crippen molar-refractivity contribution in [2.45, 2.75) is 98.4 Å². The molecule has 0 radical (unpaired) electrons. The minimum atomic E-state index is -2.67. The largest absolute Gasteiger partial charge is 0.508 e. The van der Waals surface area contributed by atoms with Crippen molar-refractivity contribution in [1.82, 2.24) is 10.3 Å². The number of hydrogen-bond acceptors (Lipinski definition) is 11. The Morgan fingerprint density at radius 3 is 2.54 bits per heavy atom. The van der Waals surface area contributed by atoms with E-state index in [0.717, 1.165) is 64.8 Å². The van der Waals surface area contributed by atoms with Gasteiger partial charge in [-0.05, 0) is 144 Å². The number of aromatic amines is 1. The average Bonchev–Trinajstić information content (AvgIpc) is 4.00. The number of ether oxygens (including phenoxy) is 3. The number of aromatic nitrogens is 1. The molecule has 2 saturated heterocycles. The summed E-state index contributed by atoms with van der Waals surface area (Å²) in [6.07, 6.45) is 5.13. The third kappa shape index (κ3) is 4.38. The number of rotatable bonds is 5. The molecule has 14 atom stereocenters. The van der Waals surface area contributed by atoms with Gasteiger partial charge in [0.25, 0.3) is 0 Å². The summed E-state index contributed by atoms with van der Waals surface area (Å²) in [7, 11) is 1.88. The minimum Gasteiger partial charge on any atom is -0.508 e. The second-order valence-corrected chi connectivity index (χ2v) is 20.1. The highest BCUT2D eigenvalue weighted by Crippen LogP contribution is 2.80. The lowest BCUT2D eigenvalue weighted by molar-refractivity contribution is -0.370. The Bertz CT molecular complexity index is 2870. The Hall–Kier alpha value is -4.63. The molecule has 2 aliphatic heterocycles. The van der Waals surface area contributed by atoms with Crippen molar-refractivity contribution >= 4 is 38.4 Å². The highest BCUT2D eigenvalue weighted by Gasteiger charge is 2.87. The van der Waals surface area contributed by atoms with Crippen LogP contribution >= 0.6 is 0 Å². The van der Waals surface area contributed by atoms with Crippen molar-refractivity contribution in [3.05, 3.63) is 107 Å². The Balaban J connectivity index is 1.00. The van der Waals surface area contributed by atoms with Gasteiger partial charge in [-0.15, -0.1) is 0 Å². The minimum absolute atomic E-state index is 0.0926. The Morgan fingerprint density at radius 2 is 1.75 bits per heavy atom. The number of esters is 1. The zero-order valence-corrected chi connectivity index (χ0v) is 35.0. The SMILES string of the molecule is CNC[C@H]1C[C@H]2[C@@H]3C4=C[C@H](O)[C@]5(O)O[C@@H](C(=O)Oc6c(CO)[nH]c7ccc8cc9ccccc9cc8c67)[C@H](O[C@@]2(C=C4)[C@]2(CC[C@H]4CC[C@H]6CCc7cc(O)ccc7[C@@]642)[C@H]1O)[C@]35O. The topological polar surface area (TPSA) is 194 Å². The quantitative estimate of drug-likeness (QED) is 0.0884. The lowest BCUT2D eigenvalue weighted by Crippen LogP contribution is -2.83. The van der Waals surface area contributed by atoms with E-state index in [0.29, 0.717) is 35.9 Å². The lowest BCUT2D eigenvalue weighted by atomic mass is 9.36. The van der Waals surface area contributed by atoms with E-state index in [4.69, 9.17) is 14.2 Å². The summed E-state index contributed by atoms with van der Waals surface area (Å²) in [6.45, 7) is 0.0223. The third-order valence-corrected chi connectivity index (χ3v) is 18.0. The maximum Gasteiger partial charge on any atom is 0.343 e. The molecular weight excluding hydrogens is 801 g/mol. The fourth-order valence-corrected chi connectivity index (χ4v) is 16.0. The number of benzene rings is 4. The van der Waals surface area contributed by atoms with E-state index in [1.165, 1.54) is 6.08 Å². The summed E-state index contributed by atoms with van der Waals surface area (Å²) in [6, 6.07) is 21.6. The number of allylic oxidation sites excluding steroid dienone is 1. The molecule has 8 N–H and O–H groups in total. The fourth-order valence-electron chi connectivity index (χ4n) is 16.0. The number of hydrogen-bond donors (Lipinski definition) is 8. The predicted molar refractivity (Wildman–Crippen MR) is 231 cm³/mol. The van der Waals surface area contributed by atoms with Crippen molar-refractivity contribution in [3.8, 4) is 11.5 Å². The molecule has 4 aromatic carbocycles. The van der Waals surface area contributed by atoms with E-state index in [2.05, 4.69) is 28.5 Å². The number of aryl methyl sites for hydroxylation is 1. The van der Waals surface area contributed by atoms with Crippen LogP contribution in [0.2, 0.25) is 0 Å². The smallest absolute Gasteiger partial charge is 0.343 e. The van der Waals surface area contributed by atoms with Crippen molar-refractivity contribution in [1.29, 1.82) is 0 Å². The van der Waals surface area contributed by atoms with Crippen LogP contribution in [0.3, 0.4) is 0 Å². The van der Waals surface area contributed by atoms with E-state index in [-0.39, 0.29) is 34.9 Å². The van der Waals surface area contributed by atoms with Crippen LogP contribution in [0.15, 0.2) is 90.5 Å². The Kier molecular flexibility index (Phi) is 7.88. The van der Waals surface area contributed by atoms with Gasteiger partial charge in [0.2, 0.25) is 5.79 Å². The molecule has 1 aromatic heterocycles. The van der Waals surface area contributed by atoms with Gasteiger partial charge in [-0.3, -0.25) is 0 Å². The van der Waals surface area contributed by atoms with E-state index >= 15 is 4.79 Å². The molecular formula is C51H52N2O10. The first-order valence-corrected chi connectivity index (χ1v) is 22.8. The van der Waals surface area contributed by atoms with E-state index in [9.17, 15) is 30.6 Å². The molecule has 2 spiro atoms. The number of aliphatic hydroxyl groups excluding tert-OH is 3. The summed E-state index contributed by atoms with van der Waals surface area (Å²) in [5, 5.41) is 80.5. The first kappa shape index (κ1) is 38.8. The number of H-pyrrole nitrogens is 1. The van der Waals surface area contributed by atoms with Crippen molar-refractivity contribution in [2.24, 2.45) is 35.0 Å². The second-order valence-electron chi connectivity index (χ2n) is 20.1. The van der Waals surface area contributed by atoms with E-state index in [1.807, 2.05) is 61.7 Å².